The Morgan fingerprint density at radius 2 is 1.75 bits per heavy atom. The van der Waals surface area contributed by atoms with Crippen LogP contribution >= 0.6 is 11.8 Å². The highest BCUT2D eigenvalue weighted by Crippen LogP contribution is 2.35. The fourth-order valence-corrected chi connectivity index (χ4v) is 4.19. The first kappa shape index (κ1) is 20.4. The van der Waals surface area contributed by atoms with E-state index in [1.165, 1.54) is 11.8 Å². The van der Waals surface area contributed by atoms with Crippen LogP contribution in [-0.4, -0.2) is 37.7 Å². The van der Waals surface area contributed by atoms with Crippen molar-refractivity contribution < 1.29 is 9.47 Å². The maximum absolute atomic E-state index is 6.24. The second-order valence-electron chi connectivity index (χ2n) is 7.42. The average Bonchev–Trinajstić information content (AvgIpc) is 3.36. The number of methoxy groups -OCH3 is 1. The molecule has 162 valence electrons. The van der Waals surface area contributed by atoms with Gasteiger partial charge >= 0.3 is 0 Å². The summed E-state index contributed by atoms with van der Waals surface area (Å²) in [6.07, 6.45) is 3.85. The third kappa shape index (κ3) is 3.67. The van der Waals surface area contributed by atoms with Crippen molar-refractivity contribution >= 4 is 33.8 Å². The fraction of sp³-hybridized carbons (Fsp3) is 0.208. The second-order valence-corrected chi connectivity index (χ2v) is 8.20. The van der Waals surface area contributed by atoms with Gasteiger partial charge in [0.2, 0.25) is 5.88 Å². The number of hydrogen-bond acceptors (Lipinski definition) is 6. The quantitative estimate of drug-likeness (QED) is 0.268. The van der Waals surface area contributed by atoms with Crippen molar-refractivity contribution in [2.24, 2.45) is 7.05 Å². The summed E-state index contributed by atoms with van der Waals surface area (Å²) < 4.78 is 15.6. The Hall–Kier alpha value is -3.52. The third-order valence-corrected chi connectivity index (χ3v) is 5.99. The van der Waals surface area contributed by atoms with E-state index < -0.39 is 0 Å². The molecular formula is C24H23N5O2S. The molecule has 5 rings (SSSR count). The molecule has 0 aliphatic rings. The molecule has 0 radical (unpaired) electrons. The number of fused-ring (bicyclic) bond motifs is 3. The van der Waals surface area contributed by atoms with Gasteiger partial charge in [-0.25, -0.2) is 4.98 Å². The molecule has 3 heterocycles. The number of aryl methyl sites for hydroxylation is 1. The standard InChI is InChI=1S/C24H23N5O2S/c1-28-21-19(13-25-28)29(14-16-9-11-18(30-2)12-10-16)22-20(21)23(27-24(26-22)32-3)31-15-17-7-5-4-6-8-17/h4-13H,14-15H2,1-3H3. The average molecular weight is 446 g/mol. The largest absolute Gasteiger partial charge is 0.497 e. The summed E-state index contributed by atoms with van der Waals surface area (Å²) >= 11 is 1.50. The van der Waals surface area contributed by atoms with E-state index >= 15 is 0 Å². The molecule has 0 saturated heterocycles. The molecule has 0 aliphatic heterocycles. The zero-order valence-corrected chi connectivity index (χ0v) is 19.0. The minimum Gasteiger partial charge on any atom is -0.497 e. The van der Waals surface area contributed by atoms with Crippen molar-refractivity contribution in [2.45, 2.75) is 18.3 Å². The maximum Gasteiger partial charge on any atom is 0.229 e. The van der Waals surface area contributed by atoms with Gasteiger partial charge in [0.05, 0.1) is 18.8 Å². The molecule has 0 spiro atoms. The van der Waals surface area contributed by atoms with E-state index in [1.807, 2.05) is 66.6 Å². The second kappa shape index (κ2) is 8.55. The number of benzene rings is 2. The highest BCUT2D eigenvalue weighted by Gasteiger charge is 2.22. The molecular weight excluding hydrogens is 422 g/mol. The molecule has 5 aromatic rings. The van der Waals surface area contributed by atoms with Gasteiger partial charge in [-0.3, -0.25) is 4.68 Å². The Balaban J connectivity index is 1.64. The molecule has 0 unspecified atom stereocenters. The molecule has 3 aromatic heterocycles. The van der Waals surface area contributed by atoms with Crippen LogP contribution in [-0.2, 0) is 20.2 Å². The zero-order chi connectivity index (χ0) is 22.1. The predicted octanol–water partition coefficient (Wildman–Crippen LogP) is 4.68. The lowest BCUT2D eigenvalue weighted by Gasteiger charge is -2.10. The summed E-state index contributed by atoms with van der Waals surface area (Å²) in [6, 6.07) is 18.2. The van der Waals surface area contributed by atoms with Crippen LogP contribution in [0.2, 0.25) is 0 Å². The fourth-order valence-electron chi connectivity index (χ4n) is 3.84. The molecule has 7 nitrogen and oxygen atoms in total. The first-order valence-electron chi connectivity index (χ1n) is 10.2. The Morgan fingerprint density at radius 3 is 2.47 bits per heavy atom. The highest BCUT2D eigenvalue weighted by atomic mass is 32.2. The summed E-state index contributed by atoms with van der Waals surface area (Å²) in [5.74, 6) is 1.41. The van der Waals surface area contributed by atoms with E-state index in [2.05, 4.69) is 21.8 Å². The van der Waals surface area contributed by atoms with Crippen LogP contribution in [0, 0.1) is 0 Å². The van der Waals surface area contributed by atoms with Gasteiger partial charge in [0, 0.05) is 13.6 Å². The lowest BCUT2D eigenvalue weighted by Crippen LogP contribution is -2.04. The van der Waals surface area contributed by atoms with E-state index in [9.17, 15) is 0 Å². The maximum atomic E-state index is 6.24. The number of hydrogen-bond donors (Lipinski definition) is 0. The van der Waals surface area contributed by atoms with E-state index in [0.717, 1.165) is 38.9 Å². The van der Waals surface area contributed by atoms with Crippen molar-refractivity contribution in [3.63, 3.8) is 0 Å². The van der Waals surface area contributed by atoms with Gasteiger partial charge < -0.3 is 14.0 Å². The Kier molecular flexibility index (Phi) is 5.45. The molecule has 0 N–H and O–H groups in total. The van der Waals surface area contributed by atoms with Crippen LogP contribution in [0.4, 0.5) is 0 Å². The van der Waals surface area contributed by atoms with Gasteiger partial charge in [0.15, 0.2) is 10.8 Å². The molecule has 0 aliphatic carbocycles. The molecule has 0 amide bonds. The van der Waals surface area contributed by atoms with Crippen molar-refractivity contribution in [1.82, 2.24) is 24.3 Å². The number of aromatic nitrogens is 5. The number of thioether (sulfide) groups is 1. The first-order valence-corrected chi connectivity index (χ1v) is 11.5. The predicted molar refractivity (Wildman–Crippen MR) is 126 cm³/mol. The van der Waals surface area contributed by atoms with Gasteiger partial charge in [-0.05, 0) is 29.5 Å². The number of ether oxygens (including phenoxy) is 2. The zero-order valence-electron chi connectivity index (χ0n) is 18.1. The molecule has 0 bridgehead atoms. The smallest absolute Gasteiger partial charge is 0.229 e. The highest BCUT2D eigenvalue weighted by molar-refractivity contribution is 7.98. The Morgan fingerprint density at radius 1 is 0.969 bits per heavy atom. The molecule has 8 heteroatoms. The summed E-state index contributed by atoms with van der Waals surface area (Å²) in [6.45, 7) is 1.09. The van der Waals surface area contributed by atoms with Crippen LogP contribution in [0.1, 0.15) is 11.1 Å². The lowest BCUT2D eigenvalue weighted by atomic mass is 10.2. The summed E-state index contributed by atoms with van der Waals surface area (Å²) in [5, 5.41) is 6.05. The summed E-state index contributed by atoms with van der Waals surface area (Å²) in [4.78, 5) is 9.57. The SMILES string of the molecule is COc1ccc(Cn2c3cnn(C)c3c3c(OCc4ccccc4)nc(SC)nc32)cc1. The first-order chi connectivity index (χ1) is 15.7. The lowest BCUT2D eigenvalue weighted by molar-refractivity contribution is 0.295. The number of rotatable bonds is 7. The van der Waals surface area contributed by atoms with Crippen molar-refractivity contribution in [1.29, 1.82) is 0 Å². The van der Waals surface area contributed by atoms with Crippen LogP contribution in [0.3, 0.4) is 0 Å². The molecule has 0 saturated carbocycles. The Labute approximate surface area is 190 Å². The van der Waals surface area contributed by atoms with E-state index in [4.69, 9.17) is 19.4 Å². The molecule has 0 atom stereocenters. The van der Waals surface area contributed by atoms with Crippen molar-refractivity contribution in [2.75, 3.05) is 13.4 Å². The third-order valence-electron chi connectivity index (χ3n) is 5.44. The van der Waals surface area contributed by atoms with Crippen LogP contribution < -0.4 is 9.47 Å². The summed E-state index contributed by atoms with van der Waals surface area (Å²) in [5.41, 5.74) is 5.03. The Bertz CT molecular complexity index is 1380. The van der Waals surface area contributed by atoms with Gasteiger partial charge in [-0.1, -0.05) is 54.2 Å². The van der Waals surface area contributed by atoms with Crippen molar-refractivity contribution in [3.05, 3.63) is 71.9 Å². The summed E-state index contributed by atoms with van der Waals surface area (Å²) in [7, 11) is 3.61. The normalized spacial score (nSPS) is 11.3. The molecule has 32 heavy (non-hydrogen) atoms. The van der Waals surface area contributed by atoms with E-state index in [-0.39, 0.29) is 0 Å². The molecule has 0 fully saturated rings. The van der Waals surface area contributed by atoms with Crippen LogP contribution in [0.25, 0.3) is 22.1 Å². The van der Waals surface area contributed by atoms with Gasteiger partial charge in [0.25, 0.3) is 0 Å². The van der Waals surface area contributed by atoms with Gasteiger partial charge in [-0.2, -0.15) is 10.1 Å². The minimum absolute atomic E-state index is 0.434. The van der Waals surface area contributed by atoms with E-state index in [0.29, 0.717) is 24.2 Å². The van der Waals surface area contributed by atoms with Gasteiger partial charge in [-0.15, -0.1) is 0 Å². The van der Waals surface area contributed by atoms with Gasteiger partial charge in [0.1, 0.15) is 23.3 Å². The monoisotopic (exact) mass is 445 g/mol. The van der Waals surface area contributed by atoms with Crippen molar-refractivity contribution in [3.8, 4) is 11.6 Å². The van der Waals surface area contributed by atoms with E-state index in [1.54, 1.807) is 7.11 Å². The topological polar surface area (TPSA) is 67.0 Å². The number of nitrogens with zero attached hydrogens (tertiary/aromatic N) is 5. The van der Waals surface area contributed by atoms with Crippen LogP contribution in [0.15, 0.2) is 66.0 Å². The van der Waals surface area contributed by atoms with Crippen LogP contribution in [0.5, 0.6) is 11.6 Å². The molecule has 2 aromatic carbocycles. The minimum atomic E-state index is 0.434.